The maximum atomic E-state index is 13.1. The Hall–Kier alpha value is -2.14. The Morgan fingerprint density at radius 1 is 1.17 bits per heavy atom. The smallest absolute Gasteiger partial charge is 0.263 e. The number of benzene rings is 1. The van der Waals surface area contributed by atoms with Crippen molar-refractivity contribution >= 4 is 28.8 Å². The number of anilines is 1. The minimum atomic E-state index is -0.446. The molecule has 1 fully saturated rings. The molecule has 3 heterocycles. The lowest BCUT2D eigenvalue weighted by Gasteiger charge is -2.38. The van der Waals surface area contributed by atoms with Gasteiger partial charge in [-0.15, -0.1) is 11.3 Å². The Labute approximate surface area is 145 Å². The van der Waals surface area contributed by atoms with Crippen molar-refractivity contribution in [3.8, 4) is 0 Å². The number of likely N-dealkylation sites (tertiary alicyclic amines) is 1. The van der Waals surface area contributed by atoms with Gasteiger partial charge in [-0.25, -0.2) is 0 Å². The quantitative estimate of drug-likeness (QED) is 0.842. The van der Waals surface area contributed by atoms with Gasteiger partial charge in [0.05, 0.1) is 10.3 Å². The summed E-state index contributed by atoms with van der Waals surface area (Å²) in [5, 5.41) is 1.93. The fraction of sp³-hybridized carbons (Fsp3) is 0.368. The van der Waals surface area contributed by atoms with Crippen molar-refractivity contribution in [2.45, 2.75) is 25.2 Å². The van der Waals surface area contributed by atoms with E-state index >= 15 is 0 Å². The van der Waals surface area contributed by atoms with Crippen LogP contribution in [0.2, 0.25) is 0 Å². The molecule has 5 heteroatoms. The van der Waals surface area contributed by atoms with E-state index in [1.807, 2.05) is 52.4 Å². The standard InChI is InChI=1S/C19H20N2O2S/c1-2-21-15-7-4-3-6-14(15)19(18(21)23)9-11-20(12-10-19)17(22)16-8-5-13-24-16/h3-8,13H,2,9-12H2,1H3. The number of likely N-dealkylation sites (N-methyl/N-ethyl adjacent to an activating group) is 1. The van der Waals surface area contributed by atoms with Crippen LogP contribution in [0.3, 0.4) is 0 Å². The summed E-state index contributed by atoms with van der Waals surface area (Å²) in [6.07, 6.45) is 1.41. The molecule has 2 aliphatic rings. The summed E-state index contributed by atoms with van der Waals surface area (Å²) in [5.41, 5.74) is 1.74. The predicted octanol–water partition coefficient (Wildman–Crippen LogP) is 3.29. The number of amides is 2. The molecule has 1 saturated heterocycles. The van der Waals surface area contributed by atoms with Crippen molar-refractivity contribution in [3.05, 3.63) is 52.2 Å². The molecular formula is C19H20N2O2S. The van der Waals surface area contributed by atoms with E-state index in [1.165, 1.54) is 11.3 Å². The van der Waals surface area contributed by atoms with Gasteiger partial charge in [-0.05, 0) is 42.8 Å². The number of fused-ring (bicyclic) bond motifs is 2. The van der Waals surface area contributed by atoms with Crippen molar-refractivity contribution in [1.82, 2.24) is 4.90 Å². The summed E-state index contributed by atoms with van der Waals surface area (Å²) in [4.78, 5) is 30.2. The van der Waals surface area contributed by atoms with E-state index in [1.54, 1.807) is 0 Å². The van der Waals surface area contributed by atoms with Gasteiger partial charge in [0.25, 0.3) is 5.91 Å². The van der Waals surface area contributed by atoms with Gasteiger partial charge in [-0.1, -0.05) is 24.3 Å². The maximum Gasteiger partial charge on any atom is 0.263 e. The first kappa shape index (κ1) is 15.4. The molecule has 4 rings (SSSR count). The molecule has 1 aromatic carbocycles. The lowest BCUT2D eigenvalue weighted by atomic mass is 9.73. The monoisotopic (exact) mass is 340 g/mol. The number of carbonyl (C=O) groups is 2. The number of para-hydroxylation sites is 1. The van der Waals surface area contributed by atoms with E-state index in [2.05, 4.69) is 6.07 Å². The van der Waals surface area contributed by atoms with Crippen LogP contribution in [0.15, 0.2) is 41.8 Å². The molecule has 1 aromatic heterocycles. The predicted molar refractivity (Wildman–Crippen MR) is 95.6 cm³/mol. The van der Waals surface area contributed by atoms with Crippen LogP contribution in [0.5, 0.6) is 0 Å². The Morgan fingerprint density at radius 3 is 2.58 bits per heavy atom. The molecule has 24 heavy (non-hydrogen) atoms. The van der Waals surface area contributed by atoms with Gasteiger partial charge in [-0.3, -0.25) is 9.59 Å². The Balaban J connectivity index is 1.60. The first-order chi connectivity index (χ1) is 11.7. The highest BCUT2D eigenvalue weighted by Gasteiger charge is 2.51. The average Bonchev–Trinajstić information content (AvgIpc) is 3.23. The van der Waals surface area contributed by atoms with Crippen molar-refractivity contribution in [2.24, 2.45) is 0 Å². The molecule has 0 saturated carbocycles. The molecule has 0 aliphatic carbocycles. The van der Waals surface area contributed by atoms with E-state index < -0.39 is 5.41 Å². The molecule has 0 unspecified atom stereocenters. The van der Waals surface area contributed by atoms with Crippen LogP contribution in [0.4, 0.5) is 5.69 Å². The number of nitrogens with zero attached hydrogens (tertiary/aromatic N) is 2. The van der Waals surface area contributed by atoms with E-state index in [-0.39, 0.29) is 11.8 Å². The van der Waals surface area contributed by atoms with E-state index in [9.17, 15) is 9.59 Å². The third kappa shape index (κ3) is 2.11. The molecule has 0 bridgehead atoms. The zero-order valence-electron chi connectivity index (χ0n) is 13.7. The van der Waals surface area contributed by atoms with Gasteiger partial charge in [0.2, 0.25) is 5.91 Å². The fourth-order valence-corrected chi connectivity index (χ4v) is 4.73. The molecule has 0 atom stereocenters. The average molecular weight is 340 g/mol. The number of carbonyl (C=O) groups excluding carboxylic acids is 2. The Bertz CT molecular complexity index is 776. The lowest BCUT2D eigenvalue weighted by molar-refractivity contribution is -0.124. The van der Waals surface area contributed by atoms with Gasteiger partial charge in [-0.2, -0.15) is 0 Å². The van der Waals surface area contributed by atoms with Gasteiger partial charge >= 0.3 is 0 Å². The molecule has 124 valence electrons. The second kappa shape index (κ2) is 5.74. The number of hydrogen-bond donors (Lipinski definition) is 0. The highest BCUT2D eigenvalue weighted by Crippen LogP contribution is 2.47. The minimum Gasteiger partial charge on any atom is -0.338 e. The lowest BCUT2D eigenvalue weighted by Crippen LogP contribution is -2.50. The van der Waals surface area contributed by atoms with Gasteiger partial charge in [0.1, 0.15) is 0 Å². The maximum absolute atomic E-state index is 13.1. The normalized spacial score (nSPS) is 19.0. The largest absolute Gasteiger partial charge is 0.338 e. The summed E-state index contributed by atoms with van der Waals surface area (Å²) < 4.78 is 0. The molecule has 0 N–H and O–H groups in total. The molecular weight excluding hydrogens is 320 g/mol. The summed E-state index contributed by atoms with van der Waals surface area (Å²) in [7, 11) is 0. The Kier molecular flexibility index (Phi) is 3.68. The fourth-order valence-electron chi connectivity index (χ4n) is 4.04. The van der Waals surface area contributed by atoms with Crippen LogP contribution in [0, 0.1) is 0 Å². The van der Waals surface area contributed by atoms with Crippen LogP contribution in [0.1, 0.15) is 35.0 Å². The second-order valence-corrected chi connectivity index (χ2v) is 7.37. The zero-order chi connectivity index (χ0) is 16.7. The first-order valence-corrected chi connectivity index (χ1v) is 9.29. The molecule has 4 nitrogen and oxygen atoms in total. The number of piperidine rings is 1. The van der Waals surface area contributed by atoms with Crippen LogP contribution in [-0.2, 0) is 10.2 Å². The van der Waals surface area contributed by atoms with E-state index in [0.29, 0.717) is 32.5 Å². The summed E-state index contributed by atoms with van der Waals surface area (Å²) in [5.74, 6) is 0.292. The third-order valence-corrected chi connectivity index (χ3v) is 6.18. The van der Waals surface area contributed by atoms with Crippen LogP contribution >= 0.6 is 11.3 Å². The Morgan fingerprint density at radius 2 is 1.92 bits per heavy atom. The van der Waals surface area contributed by atoms with Gasteiger partial charge in [0.15, 0.2) is 0 Å². The molecule has 2 amide bonds. The number of rotatable bonds is 2. The third-order valence-electron chi connectivity index (χ3n) is 5.32. The van der Waals surface area contributed by atoms with Gasteiger partial charge in [0, 0.05) is 25.3 Å². The summed E-state index contributed by atoms with van der Waals surface area (Å²) >= 11 is 1.48. The van der Waals surface area contributed by atoms with Crippen LogP contribution in [0.25, 0.3) is 0 Å². The van der Waals surface area contributed by atoms with E-state index in [0.717, 1.165) is 16.1 Å². The van der Waals surface area contributed by atoms with E-state index in [4.69, 9.17) is 0 Å². The van der Waals surface area contributed by atoms with Gasteiger partial charge < -0.3 is 9.80 Å². The minimum absolute atomic E-state index is 0.0888. The molecule has 1 spiro atoms. The highest BCUT2D eigenvalue weighted by molar-refractivity contribution is 7.12. The van der Waals surface area contributed by atoms with Crippen molar-refractivity contribution < 1.29 is 9.59 Å². The van der Waals surface area contributed by atoms with Crippen molar-refractivity contribution in [3.63, 3.8) is 0 Å². The van der Waals surface area contributed by atoms with Crippen molar-refractivity contribution in [2.75, 3.05) is 24.5 Å². The highest BCUT2D eigenvalue weighted by atomic mass is 32.1. The zero-order valence-corrected chi connectivity index (χ0v) is 14.5. The summed E-state index contributed by atoms with van der Waals surface area (Å²) in [6, 6.07) is 11.9. The number of hydrogen-bond acceptors (Lipinski definition) is 3. The van der Waals surface area contributed by atoms with Crippen LogP contribution in [-0.4, -0.2) is 36.3 Å². The SMILES string of the molecule is CCN1C(=O)C2(CCN(C(=O)c3cccs3)CC2)c2ccccc21. The first-order valence-electron chi connectivity index (χ1n) is 8.41. The topological polar surface area (TPSA) is 40.6 Å². The summed E-state index contributed by atoms with van der Waals surface area (Å²) in [6.45, 7) is 3.97. The second-order valence-electron chi connectivity index (χ2n) is 6.42. The molecule has 0 radical (unpaired) electrons. The van der Waals surface area contributed by atoms with Crippen molar-refractivity contribution in [1.29, 1.82) is 0 Å². The molecule has 2 aromatic rings. The molecule has 2 aliphatic heterocycles. The van der Waals surface area contributed by atoms with Crippen LogP contribution < -0.4 is 4.90 Å². The number of thiophene rings is 1.